The lowest BCUT2D eigenvalue weighted by Gasteiger charge is -2.22. The minimum absolute atomic E-state index is 0.0249. The van der Waals surface area contributed by atoms with Crippen molar-refractivity contribution in [1.82, 2.24) is 0 Å². The Morgan fingerprint density at radius 3 is 2.28 bits per heavy atom. The molecule has 5 nitrogen and oxygen atoms in total. The Morgan fingerprint density at radius 1 is 1.28 bits per heavy atom. The number of nitriles is 1. The fourth-order valence-corrected chi connectivity index (χ4v) is 1.58. The largest absolute Gasteiger partial charge is 0.481 e. The normalized spacial score (nSPS) is 9.61. The number of aliphatic carboxylic acids is 1. The van der Waals surface area contributed by atoms with Gasteiger partial charge in [-0.1, -0.05) is 0 Å². The van der Waals surface area contributed by atoms with Crippen LogP contribution in [0.2, 0.25) is 0 Å². The van der Waals surface area contributed by atoms with Crippen LogP contribution in [0, 0.1) is 11.3 Å². The number of hydrogen-bond donors (Lipinski definition) is 1. The minimum Gasteiger partial charge on any atom is -0.481 e. The highest BCUT2D eigenvalue weighted by Gasteiger charge is 2.08. The number of nitrogens with zero attached hydrogens (tertiary/aromatic N) is 3. The van der Waals surface area contributed by atoms with Gasteiger partial charge in [0.1, 0.15) is 6.54 Å². The maximum atomic E-state index is 10.6. The Balaban J connectivity index is 2.79. The van der Waals surface area contributed by atoms with Crippen LogP contribution in [-0.4, -0.2) is 38.3 Å². The predicted molar refractivity (Wildman–Crippen MR) is 70.8 cm³/mol. The summed E-state index contributed by atoms with van der Waals surface area (Å²) in [7, 11) is 3.90. The van der Waals surface area contributed by atoms with Gasteiger partial charge in [0.25, 0.3) is 0 Å². The molecule has 0 bridgehead atoms. The van der Waals surface area contributed by atoms with Crippen molar-refractivity contribution in [2.75, 3.05) is 37.0 Å². The van der Waals surface area contributed by atoms with Gasteiger partial charge in [0.15, 0.2) is 0 Å². The Hall–Kier alpha value is -2.22. The fraction of sp³-hybridized carbons (Fsp3) is 0.385. The van der Waals surface area contributed by atoms with Crippen LogP contribution in [0.5, 0.6) is 0 Å². The van der Waals surface area contributed by atoms with E-state index in [0.29, 0.717) is 6.54 Å². The predicted octanol–water partition coefficient (Wildman–Crippen LogP) is 1.56. The molecule has 0 aromatic heterocycles. The van der Waals surface area contributed by atoms with Gasteiger partial charge in [-0.05, 0) is 24.3 Å². The Labute approximate surface area is 107 Å². The van der Waals surface area contributed by atoms with E-state index >= 15 is 0 Å². The zero-order valence-electron chi connectivity index (χ0n) is 10.6. The van der Waals surface area contributed by atoms with Gasteiger partial charge in [-0.25, -0.2) is 0 Å². The second kappa shape index (κ2) is 6.50. The highest BCUT2D eigenvalue weighted by Crippen LogP contribution is 2.19. The summed E-state index contributed by atoms with van der Waals surface area (Å²) in [6.07, 6.45) is 0.0249. The molecule has 96 valence electrons. The maximum absolute atomic E-state index is 10.6. The topological polar surface area (TPSA) is 67.6 Å². The Kier molecular flexibility index (Phi) is 5.00. The zero-order chi connectivity index (χ0) is 13.5. The fourth-order valence-electron chi connectivity index (χ4n) is 1.58. The summed E-state index contributed by atoms with van der Waals surface area (Å²) in [5.41, 5.74) is 1.93. The van der Waals surface area contributed by atoms with Gasteiger partial charge in [-0.3, -0.25) is 4.79 Å². The van der Waals surface area contributed by atoms with E-state index in [1.54, 1.807) is 4.90 Å². The molecule has 0 fully saturated rings. The van der Waals surface area contributed by atoms with Crippen LogP contribution in [0.4, 0.5) is 11.4 Å². The Morgan fingerprint density at radius 2 is 1.83 bits per heavy atom. The van der Waals surface area contributed by atoms with Gasteiger partial charge in [-0.15, -0.1) is 0 Å². The lowest BCUT2D eigenvalue weighted by atomic mass is 10.2. The molecule has 0 radical (unpaired) electrons. The molecule has 0 aliphatic rings. The van der Waals surface area contributed by atoms with Gasteiger partial charge in [0.05, 0.1) is 12.5 Å². The number of benzene rings is 1. The molecule has 0 atom stereocenters. The van der Waals surface area contributed by atoms with Crippen LogP contribution in [0.1, 0.15) is 6.42 Å². The third-order valence-corrected chi connectivity index (χ3v) is 2.59. The molecule has 0 amide bonds. The average Bonchev–Trinajstić information content (AvgIpc) is 2.34. The molecule has 0 spiro atoms. The van der Waals surface area contributed by atoms with Crippen LogP contribution >= 0.6 is 0 Å². The smallest absolute Gasteiger partial charge is 0.305 e. The van der Waals surface area contributed by atoms with E-state index in [1.165, 1.54) is 0 Å². The first-order chi connectivity index (χ1) is 8.54. The van der Waals surface area contributed by atoms with Crippen molar-refractivity contribution in [2.45, 2.75) is 6.42 Å². The summed E-state index contributed by atoms with van der Waals surface area (Å²) in [5, 5.41) is 17.4. The lowest BCUT2D eigenvalue weighted by Crippen LogP contribution is -2.26. The quantitative estimate of drug-likeness (QED) is 0.773. The molecular weight excluding hydrogens is 230 g/mol. The molecule has 1 aromatic rings. The monoisotopic (exact) mass is 247 g/mol. The highest BCUT2D eigenvalue weighted by molar-refractivity contribution is 5.68. The first-order valence-electron chi connectivity index (χ1n) is 5.65. The summed E-state index contributed by atoms with van der Waals surface area (Å²) < 4.78 is 0. The molecular formula is C13H17N3O2. The molecule has 1 N–H and O–H groups in total. The van der Waals surface area contributed by atoms with E-state index in [1.807, 2.05) is 49.3 Å². The summed E-state index contributed by atoms with van der Waals surface area (Å²) in [6, 6.07) is 9.73. The molecule has 0 saturated carbocycles. The molecule has 5 heteroatoms. The molecule has 0 aliphatic heterocycles. The summed E-state index contributed by atoms with van der Waals surface area (Å²) in [4.78, 5) is 14.3. The summed E-state index contributed by atoms with van der Waals surface area (Å²) in [6.45, 7) is 0.527. The van der Waals surface area contributed by atoms with Crippen molar-refractivity contribution >= 4 is 17.3 Å². The SMILES string of the molecule is CN(C)c1ccc(N(CC#N)CCC(=O)O)cc1. The van der Waals surface area contributed by atoms with Crippen molar-refractivity contribution in [3.8, 4) is 6.07 Å². The van der Waals surface area contributed by atoms with Gasteiger partial charge in [0, 0.05) is 32.0 Å². The van der Waals surface area contributed by atoms with E-state index in [2.05, 4.69) is 0 Å². The van der Waals surface area contributed by atoms with Crippen molar-refractivity contribution < 1.29 is 9.90 Å². The lowest BCUT2D eigenvalue weighted by molar-refractivity contribution is -0.136. The van der Waals surface area contributed by atoms with E-state index in [0.717, 1.165) is 11.4 Å². The number of carboxylic acids is 1. The third kappa shape index (κ3) is 3.98. The van der Waals surface area contributed by atoms with Crippen molar-refractivity contribution in [1.29, 1.82) is 5.26 Å². The highest BCUT2D eigenvalue weighted by atomic mass is 16.4. The van der Waals surface area contributed by atoms with E-state index in [9.17, 15) is 4.79 Å². The number of rotatable bonds is 6. The first-order valence-corrected chi connectivity index (χ1v) is 5.65. The number of carbonyl (C=O) groups is 1. The van der Waals surface area contributed by atoms with E-state index in [-0.39, 0.29) is 13.0 Å². The minimum atomic E-state index is -0.858. The van der Waals surface area contributed by atoms with Crippen molar-refractivity contribution in [3.63, 3.8) is 0 Å². The third-order valence-electron chi connectivity index (χ3n) is 2.59. The molecule has 1 aromatic carbocycles. The van der Waals surface area contributed by atoms with Crippen molar-refractivity contribution in [3.05, 3.63) is 24.3 Å². The zero-order valence-corrected chi connectivity index (χ0v) is 10.6. The number of hydrogen-bond acceptors (Lipinski definition) is 4. The maximum Gasteiger partial charge on any atom is 0.305 e. The van der Waals surface area contributed by atoms with E-state index < -0.39 is 5.97 Å². The number of anilines is 2. The van der Waals surface area contributed by atoms with Gasteiger partial charge >= 0.3 is 5.97 Å². The van der Waals surface area contributed by atoms with Crippen molar-refractivity contribution in [2.24, 2.45) is 0 Å². The Bertz CT molecular complexity index is 435. The summed E-state index contributed by atoms with van der Waals surface area (Å²) in [5.74, 6) is -0.858. The molecule has 0 unspecified atom stereocenters. The second-order valence-electron chi connectivity index (χ2n) is 4.13. The van der Waals surface area contributed by atoms with Crippen LogP contribution < -0.4 is 9.80 Å². The molecule has 0 heterocycles. The molecule has 18 heavy (non-hydrogen) atoms. The second-order valence-corrected chi connectivity index (χ2v) is 4.13. The van der Waals surface area contributed by atoms with E-state index in [4.69, 9.17) is 10.4 Å². The van der Waals surface area contributed by atoms with Gasteiger partial charge < -0.3 is 14.9 Å². The summed E-state index contributed by atoms with van der Waals surface area (Å²) >= 11 is 0. The molecule has 1 rings (SSSR count). The van der Waals surface area contributed by atoms with Gasteiger partial charge in [-0.2, -0.15) is 5.26 Å². The van der Waals surface area contributed by atoms with Gasteiger partial charge in [0.2, 0.25) is 0 Å². The van der Waals surface area contributed by atoms with Crippen LogP contribution in [0.15, 0.2) is 24.3 Å². The molecule has 0 saturated heterocycles. The average molecular weight is 247 g/mol. The van der Waals surface area contributed by atoms with Crippen LogP contribution in [-0.2, 0) is 4.79 Å². The molecule has 0 aliphatic carbocycles. The first kappa shape index (κ1) is 13.8. The standard InChI is InChI=1S/C13H17N3O2/c1-15(2)11-3-5-12(6-4-11)16(10-8-14)9-7-13(17)18/h3-6H,7,9-10H2,1-2H3,(H,17,18). The van der Waals surface area contributed by atoms with Crippen LogP contribution in [0.3, 0.4) is 0 Å². The van der Waals surface area contributed by atoms with Crippen LogP contribution in [0.25, 0.3) is 0 Å². The number of carboxylic acid groups (broad SMARTS) is 1.